The van der Waals surface area contributed by atoms with Gasteiger partial charge in [-0.1, -0.05) is 17.7 Å². The molecule has 0 aliphatic rings. The van der Waals surface area contributed by atoms with E-state index in [1.807, 2.05) is 0 Å². The molecule has 0 saturated heterocycles. The minimum absolute atomic E-state index is 0.0596. The average molecular weight is 261 g/mol. The van der Waals surface area contributed by atoms with Gasteiger partial charge in [0.25, 0.3) is 0 Å². The molecule has 0 atom stereocenters. The zero-order valence-electron chi connectivity index (χ0n) is 10.5. The molecule has 0 fully saturated rings. The third-order valence-electron chi connectivity index (χ3n) is 1.96. The van der Waals surface area contributed by atoms with Crippen molar-refractivity contribution in [3.05, 3.63) is 22.3 Å². The van der Waals surface area contributed by atoms with Crippen molar-refractivity contribution in [2.24, 2.45) is 0 Å². The van der Waals surface area contributed by atoms with Gasteiger partial charge in [-0.25, -0.2) is 9.59 Å². The van der Waals surface area contributed by atoms with Gasteiger partial charge in [0.05, 0.1) is 18.2 Å². The number of esters is 2. The van der Waals surface area contributed by atoms with Crippen LogP contribution in [0.1, 0.15) is 27.7 Å². The Hall–Kier alpha value is -1.29. The number of allylic oxidation sites excluding steroid dienone is 3. The maximum Gasteiger partial charge on any atom is 0.347 e. The third-order valence-corrected chi connectivity index (χ3v) is 2.44. The molecule has 0 bridgehead atoms. The van der Waals surface area contributed by atoms with Crippen molar-refractivity contribution < 1.29 is 19.1 Å². The highest BCUT2D eigenvalue weighted by molar-refractivity contribution is 6.37. The Bertz CT molecular complexity index is 336. The smallest absolute Gasteiger partial charge is 0.347 e. The Balaban J connectivity index is 5.38. The van der Waals surface area contributed by atoms with Gasteiger partial charge in [0.1, 0.15) is 0 Å². The van der Waals surface area contributed by atoms with Crippen LogP contribution in [-0.4, -0.2) is 25.2 Å². The molecular formula is C12H17ClO4. The predicted molar refractivity (Wildman–Crippen MR) is 65.6 cm³/mol. The molecule has 0 unspecified atom stereocenters. The highest BCUT2D eigenvalue weighted by atomic mass is 35.5. The summed E-state index contributed by atoms with van der Waals surface area (Å²) >= 11 is 5.97. The second-order valence-corrected chi connectivity index (χ2v) is 3.48. The molecule has 4 nitrogen and oxygen atoms in total. The van der Waals surface area contributed by atoms with E-state index in [2.05, 4.69) is 0 Å². The van der Waals surface area contributed by atoms with Crippen molar-refractivity contribution in [3.63, 3.8) is 0 Å². The first-order chi connectivity index (χ1) is 7.99. The molecule has 0 spiro atoms. The maximum atomic E-state index is 11.6. The van der Waals surface area contributed by atoms with Crippen LogP contribution in [-0.2, 0) is 19.1 Å². The van der Waals surface area contributed by atoms with Crippen LogP contribution in [0.2, 0.25) is 0 Å². The standard InChI is InChI=1S/C12H17ClO4/c1-5-8(4)10(13)9(11(14)16-6-2)12(15)17-7-3/h5H,6-7H2,1-4H3/b8-5+. The van der Waals surface area contributed by atoms with Crippen molar-refractivity contribution in [2.75, 3.05) is 13.2 Å². The lowest BCUT2D eigenvalue weighted by Crippen LogP contribution is -2.20. The van der Waals surface area contributed by atoms with E-state index in [0.29, 0.717) is 5.57 Å². The number of rotatable bonds is 5. The lowest BCUT2D eigenvalue weighted by atomic mass is 10.1. The van der Waals surface area contributed by atoms with Crippen molar-refractivity contribution in [2.45, 2.75) is 27.7 Å². The summed E-state index contributed by atoms with van der Waals surface area (Å²) in [6.07, 6.45) is 1.70. The molecule has 0 saturated carbocycles. The number of carbonyl (C=O) groups excluding carboxylic acids is 2. The SMILES string of the molecule is C/C=C(\C)C(Cl)=C(C(=O)OCC)C(=O)OCC. The van der Waals surface area contributed by atoms with Crippen molar-refractivity contribution in [1.82, 2.24) is 0 Å². The number of hydrogen-bond acceptors (Lipinski definition) is 4. The van der Waals surface area contributed by atoms with Gasteiger partial charge in [-0.2, -0.15) is 0 Å². The molecule has 0 aromatic carbocycles. The van der Waals surface area contributed by atoms with E-state index in [-0.39, 0.29) is 23.8 Å². The van der Waals surface area contributed by atoms with Crippen LogP contribution in [0.3, 0.4) is 0 Å². The van der Waals surface area contributed by atoms with Crippen LogP contribution < -0.4 is 0 Å². The molecule has 96 valence electrons. The van der Waals surface area contributed by atoms with E-state index in [4.69, 9.17) is 21.1 Å². The molecule has 0 rings (SSSR count). The lowest BCUT2D eigenvalue weighted by molar-refractivity contribution is -0.146. The Morgan fingerprint density at radius 1 is 1.12 bits per heavy atom. The fourth-order valence-electron chi connectivity index (χ4n) is 0.993. The number of halogens is 1. The molecule has 0 aromatic rings. The summed E-state index contributed by atoms with van der Waals surface area (Å²) in [7, 11) is 0. The summed E-state index contributed by atoms with van der Waals surface area (Å²) in [6.45, 7) is 7.09. The molecule has 0 aliphatic heterocycles. The molecule has 5 heteroatoms. The first-order valence-corrected chi connectivity index (χ1v) is 5.74. The first kappa shape index (κ1) is 15.7. The Labute approximate surface area is 106 Å². The highest BCUT2D eigenvalue weighted by Crippen LogP contribution is 2.21. The topological polar surface area (TPSA) is 52.6 Å². The molecular weight excluding hydrogens is 244 g/mol. The van der Waals surface area contributed by atoms with E-state index in [0.717, 1.165) is 0 Å². The van der Waals surface area contributed by atoms with E-state index >= 15 is 0 Å². The third kappa shape index (κ3) is 4.61. The van der Waals surface area contributed by atoms with E-state index in [1.165, 1.54) is 0 Å². The molecule has 0 aromatic heterocycles. The van der Waals surface area contributed by atoms with Crippen LogP contribution >= 0.6 is 11.6 Å². The average Bonchev–Trinajstić information content (AvgIpc) is 2.28. The van der Waals surface area contributed by atoms with E-state index in [9.17, 15) is 9.59 Å². The van der Waals surface area contributed by atoms with Crippen LogP contribution in [0.5, 0.6) is 0 Å². The fourth-order valence-corrected chi connectivity index (χ4v) is 1.26. The van der Waals surface area contributed by atoms with Gasteiger partial charge in [0.15, 0.2) is 5.57 Å². The van der Waals surface area contributed by atoms with Gasteiger partial charge in [0.2, 0.25) is 0 Å². The summed E-state index contributed by atoms with van der Waals surface area (Å²) in [6, 6.07) is 0. The quantitative estimate of drug-likeness (QED) is 0.251. The summed E-state index contributed by atoms with van der Waals surface area (Å²) in [4.78, 5) is 23.3. The zero-order chi connectivity index (χ0) is 13.4. The van der Waals surface area contributed by atoms with Crippen molar-refractivity contribution >= 4 is 23.5 Å². The van der Waals surface area contributed by atoms with Crippen LogP contribution in [0.15, 0.2) is 22.3 Å². The predicted octanol–water partition coefficient (Wildman–Crippen LogP) is 2.57. The minimum Gasteiger partial charge on any atom is -0.462 e. The maximum absolute atomic E-state index is 11.6. The number of ether oxygens (including phenoxy) is 2. The summed E-state index contributed by atoms with van der Waals surface area (Å²) in [5, 5.41) is 0.0596. The molecule has 0 amide bonds. The lowest BCUT2D eigenvalue weighted by Gasteiger charge is -2.09. The van der Waals surface area contributed by atoms with E-state index in [1.54, 1.807) is 33.8 Å². The monoisotopic (exact) mass is 260 g/mol. The minimum atomic E-state index is -0.767. The second-order valence-electron chi connectivity index (χ2n) is 3.10. The molecule has 0 heterocycles. The van der Waals surface area contributed by atoms with Crippen LogP contribution in [0.4, 0.5) is 0 Å². The van der Waals surface area contributed by atoms with Crippen LogP contribution in [0.25, 0.3) is 0 Å². The van der Waals surface area contributed by atoms with Crippen LogP contribution in [0, 0.1) is 0 Å². The zero-order valence-corrected chi connectivity index (χ0v) is 11.3. The Morgan fingerprint density at radius 2 is 1.53 bits per heavy atom. The van der Waals surface area contributed by atoms with Gasteiger partial charge >= 0.3 is 11.9 Å². The highest BCUT2D eigenvalue weighted by Gasteiger charge is 2.25. The molecule has 0 radical (unpaired) electrons. The van der Waals surface area contributed by atoms with Crippen molar-refractivity contribution in [3.8, 4) is 0 Å². The second kappa shape index (κ2) is 7.90. The molecule has 17 heavy (non-hydrogen) atoms. The van der Waals surface area contributed by atoms with Crippen molar-refractivity contribution in [1.29, 1.82) is 0 Å². The molecule has 0 aliphatic carbocycles. The molecule has 0 N–H and O–H groups in total. The normalized spacial score (nSPS) is 10.8. The summed E-state index contributed by atoms with van der Waals surface area (Å²) < 4.78 is 9.56. The van der Waals surface area contributed by atoms with Gasteiger partial charge in [-0.3, -0.25) is 0 Å². The Kier molecular flexibility index (Phi) is 7.30. The summed E-state index contributed by atoms with van der Waals surface area (Å²) in [5.74, 6) is -1.53. The van der Waals surface area contributed by atoms with Gasteiger partial charge in [0, 0.05) is 0 Å². The van der Waals surface area contributed by atoms with Gasteiger partial charge < -0.3 is 9.47 Å². The van der Waals surface area contributed by atoms with Gasteiger partial charge in [-0.05, 0) is 33.3 Å². The Morgan fingerprint density at radius 3 is 1.82 bits per heavy atom. The number of carbonyl (C=O) groups is 2. The fraction of sp³-hybridized carbons (Fsp3) is 0.500. The van der Waals surface area contributed by atoms with Gasteiger partial charge in [-0.15, -0.1) is 0 Å². The first-order valence-electron chi connectivity index (χ1n) is 5.36. The van der Waals surface area contributed by atoms with E-state index < -0.39 is 11.9 Å². The largest absolute Gasteiger partial charge is 0.462 e. The number of hydrogen-bond donors (Lipinski definition) is 0. The summed E-state index contributed by atoms with van der Waals surface area (Å²) in [5.41, 5.74) is 0.355.